The number of nitrogens with zero attached hydrogens (tertiary/aromatic N) is 2. The van der Waals surface area contributed by atoms with Gasteiger partial charge in [0.2, 0.25) is 0 Å². The van der Waals surface area contributed by atoms with Gasteiger partial charge in [0.25, 0.3) is 0 Å². The highest BCUT2D eigenvalue weighted by Gasteiger charge is 2.11. The van der Waals surface area contributed by atoms with Gasteiger partial charge in [-0.25, -0.2) is 4.68 Å². The van der Waals surface area contributed by atoms with Crippen molar-refractivity contribution in [3.63, 3.8) is 0 Å². The maximum absolute atomic E-state index is 6.20. The molecule has 21 heavy (non-hydrogen) atoms. The minimum atomic E-state index is 0.529. The predicted molar refractivity (Wildman–Crippen MR) is 85.0 cm³/mol. The average molecular weight is 300 g/mol. The molecule has 2 N–H and O–H groups in total. The Morgan fingerprint density at radius 3 is 2.67 bits per heavy atom. The lowest BCUT2D eigenvalue weighted by Gasteiger charge is -2.05. The van der Waals surface area contributed by atoms with Crippen molar-refractivity contribution in [1.82, 2.24) is 9.78 Å². The van der Waals surface area contributed by atoms with E-state index in [2.05, 4.69) is 5.10 Å². The van der Waals surface area contributed by atoms with E-state index in [-0.39, 0.29) is 0 Å². The summed E-state index contributed by atoms with van der Waals surface area (Å²) in [4.78, 5) is 0. The van der Waals surface area contributed by atoms with Gasteiger partial charge in [0.05, 0.1) is 23.5 Å². The van der Waals surface area contributed by atoms with Crippen LogP contribution in [-0.2, 0) is 0 Å². The number of nitrogen functional groups attached to an aromatic ring is 1. The van der Waals surface area contributed by atoms with E-state index in [0.29, 0.717) is 10.8 Å². The molecule has 0 aliphatic rings. The van der Waals surface area contributed by atoms with E-state index in [9.17, 15) is 0 Å². The van der Waals surface area contributed by atoms with Crippen LogP contribution in [0.25, 0.3) is 16.9 Å². The number of halogens is 1. The van der Waals surface area contributed by atoms with Gasteiger partial charge in [-0.05, 0) is 24.3 Å². The van der Waals surface area contributed by atoms with Crippen LogP contribution in [0.2, 0.25) is 5.02 Å². The summed E-state index contributed by atoms with van der Waals surface area (Å²) in [5.74, 6) is 1.30. The quantitative estimate of drug-likeness (QED) is 0.800. The van der Waals surface area contributed by atoms with E-state index in [1.54, 1.807) is 11.8 Å². The Labute approximate surface area is 127 Å². The van der Waals surface area contributed by atoms with Crippen molar-refractivity contribution in [2.24, 2.45) is 0 Å². The van der Waals surface area contributed by atoms with Crippen molar-refractivity contribution in [3.8, 4) is 22.7 Å². The zero-order chi connectivity index (χ0) is 14.8. The van der Waals surface area contributed by atoms with Crippen molar-refractivity contribution in [2.75, 3.05) is 12.8 Å². The molecule has 0 saturated heterocycles. The Hall–Kier alpha value is -2.46. The highest BCUT2D eigenvalue weighted by Crippen LogP contribution is 2.28. The van der Waals surface area contributed by atoms with Crippen LogP contribution >= 0.6 is 11.6 Å². The van der Waals surface area contributed by atoms with Crippen molar-refractivity contribution in [2.45, 2.75) is 0 Å². The van der Waals surface area contributed by atoms with Gasteiger partial charge in [0, 0.05) is 11.6 Å². The van der Waals surface area contributed by atoms with Crippen molar-refractivity contribution < 1.29 is 4.74 Å². The normalized spacial score (nSPS) is 10.6. The molecule has 0 bridgehead atoms. The molecule has 0 radical (unpaired) electrons. The summed E-state index contributed by atoms with van der Waals surface area (Å²) in [6, 6.07) is 16.9. The number of para-hydroxylation sites is 1. The number of anilines is 1. The fourth-order valence-corrected chi connectivity index (χ4v) is 2.35. The molecule has 0 amide bonds. The molecule has 3 rings (SSSR count). The van der Waals surface area contributed by atoms with E-state index in [1.165, 1.54) is 0 Å². The first-order valence-electron chi connectivity index (χ1n) is 6.44. The number of hydrogen-bond donors (Lipinski definition) is 1. The van der Waals surface area contributed by atoms with Gasteiger partial charge in [0.15, 0.2) is 0 Å². The number of benzene rings is 2. The fourth-order valence-electron chi connectivity index (χ4n) is 2.14. The molecule has 5 heteroatoms. The Morgan fingerprint density at radius 1 is 1.10 bits per heavy atom. The first-order chi connectivity index (χ1) is 10.2. The molecule has 1 aromatic heterocycles. The van der Waals surface area contributed by atoms with Crippen molar-refractivity contribution >= 4 is 17.4 Å². The summed E-state index contributed by atoms with van der Waals surface area (Å²) in [6.45, 7) is 0. The summed E-state index contributed by atoms with van der Waals surface area (Å²) in [7, 11) is 1.63. The largest absolute Gasteiger partial charge is 0.497 e. The van der Waals surface area contributed by atoms with Crippen LogP contribution in [0, 0.1) is 0 Å². The molecule has 1 heterocycles. The standard InChI is InChI=1S/C16H14ClN3O/c1-21-12-6-4-5-11(9-12)14-10-16(18)20(19-14)15-8-3-2-7-13(15)17/h2-10H,18H2,1H3. The fraction of sp³-hybridized carbons (Fsp3) is 0.0625. The van der Waals surface area contributed by atoms with Gasteiger partial charge in [-0.1, -0.05) is 35.9 Å². The zero-order valence-corrected chi connectivity index (χ0v) is 12.2. The van der Waals surface area contributed by atoms with Crippen LogP contribution < -0.4 is 10.5 Å². The number of aromatic nitrogens is 2. The molecule has 2 aromatic carbocycles. The van der Waals surface area contributed by atoms with Crippen molar-refractivity contribution in [1.29, 1.82) is 0 Å². The second-order valence-electron chi connectivity index (χ2n) is 4.55. The van der Waals surface area contributed by atoms with Crippen LogP contribution in [0.4, 0.5) is 5.82 Å². The minimum Gasteiger partial charge on any atom is -0.497 e. The summed E-state index contributed by atoms with van der Waals surface area (Å²) in [6.07, 6.45) is 0. The van der Waals surface area contributed by atoms with E-state index in [0.717, 1.165) is 22.7 Å². The number of rotatable bonds is 3. The molecule has 106 valence electrons. The molecule has 0 spiro atoms. The molecular weight excluding hydrogens is 286 g/mol. The number of methoxy groups -OCH3 is 1. The summed E-state index contributed by atoms with van der Waals surface area (Å²) >= 11 is 6.20. The molecule has 3 aromatic rings. The molecule has 0 aliphatic heterocycles. The molecule has 0 saturated carbocycles. The van der Waals surface area contributed by atoms with Crippen LogP contribution in [-0.4, -0.2) is 16.9 Å². The molecule has 4 nitrogen and oxygen atoms in total. The first-order valence-corrected chi connectivity index (χ1v) is 6.81. The second-order valence-corrected chi connectivity index (χ2v) is 4.96. The van der Waals surface area contributed by atoms with Crippen LogP contribution in [0.1, 0.15) is 0 Å². The van der Waals surface area contributed by atoms with Gasteiger partial charge in [-0.15, -0.1) is 0 Å². The van der Waals surface area contributed by atoms with Crippen LogP contribution in [0.15, 0.2) is 54.6 Å². The smallest absolute Gasteiger partial charge is 0.127 e. The molecule has 0 fully saturated rings. The highest BCUT2D eigenvalue weighted by molar-refractivity contribution is 6.32. The third-order valence-corrected chi connectivity index (χ3v) is 3.50. The first kappa shape index (κ1) is 13.5. The Morgan fingerprint density at radius 2 is 1.90 bits per heavy atom. The van der Waals surface area contributed by atoms with E-state index in [4.69, 9.17) is 22.1 Å². The van der Waals surface area contributed by atoms with E-state index >= 15 is 0 Å². The molecule has 0 unspecified atom stereocenters. The lowest BCUT2D eigenvalue weighted by atomic mass is 10.1. The maximum atomic E-state index is 6.20. The summed E-state index contributed by atoms with van der Waals surface area (Å²) in [5, 5.41) is 5.14. The summed E-state index contributed by atoms with van der Waals surface area (Å²) in [5.41, 5.74) is 8.52. The lowest BCUT2D eigenvalue weighted by molar-refractivity contribution is 0.415. The Bertz CT molecular complexity index is 783. The monoisotopic (exact) mass is 299 g/mol. The van der Waals surface area contributed by atoms with Gasteiger partial charge in [-0.2, -0.15) is 5.10 Å². The van der Waals surface area contributed by atoms with E-state index in [1.807, 2.05) is 54.6 Å². The number of nitrogens with two attached hydrogens (primary N) is 1. The van der Waals surface area contributed by atoms with Crippen LogP contribution in [0.3, 0.4) is 0 Å². The molecule has 0 aliphatic carbocycles. The average Bonchev–Trinajstić information content (AvgIpc) is 2.90. The van der Waals surface area contributed by atoms with E-state index < -0.39 is 0 Å². The third kappa shape index (κ3) is 2.58. The SMILES string of the molecule is COc1cccc(-c2cc(N)n(-c3ccccc3Cl)n2)c1. The lowest BCUT2D eigenvalue weighted by Crippen LogP contribution is -2.02. The van der Waals surface area contributed by atoms with Crippen molar-refractivity contribution in [3.05, 3.63) is 59.6 Å². The Kier molecular flexibility index (Phi) is 3.54. The van der Waals surface area contributed by atoms with Gasteiger partial charge in [0.1, 0.15) is 11.6 Å². The van der Waals surface area contributed by atoms with Gasteiger partial charge >= 0.3 is 0 Å². The van der Waals surface area contributed by atoms with Crippen LogP contribution in [0.5, 0.6) is 5.75 Å². The summed E-state index contributed by atoms with van der Waals surface area (Å²) < 4.78 is 6.87. The molecule has 0 atom stereocenters. The predicted octanol–water partition coefficient (Wildman–Crippen LogP) is 3.78. The Balaban J connectivity index is 2.07. The second kappa shape index (κ2) is 5.50. The number of hydrogen-bond acceptors (Lipinski definition) is 3. The molecular formula is C16H14ClN3O. The van der Waals surface area contributed by atoms with Gasteiger partial charge in [-0.3, -0.25) is 0 Å². The van der Waals surface area contributed by atoms with Gasteiger partial charge < -0.3 is 10.5 Å². The topological polar surface area (TPSA) is 53.1 Å². The maximum Gasteiger partial charge on any atom is 0.127 e. The number of ether oxygens (including phenoxy) is 1. The highest BCUT2D eigenvalue weighted by atomic mass is 35.5. The third-order valence-electron chi connectivity index (χ3n) is 3.18. The minimum absolute atomic E-state index is 0.529. The zero-order valence-electron chi connectivity index (χ0n) is 11.5.